The Labute approximate surface area is 218 Å². The second-order valence-corrected chi connectivity index (χ2v) is 10.8. The van der Waals surface area contributed by atoms with Crippen LogP contribution in [0.5, 0.6) is 0 Å². The van der Waals surface area contributed by atoms with E-state index >= 15 is 0 Å². The van der Waals surface area contributed by atoms with Gasteiger partial charge in [0.15, 0.2) is 0 Å². The second kappa shape index (κ2) is 10.5. The topological polar surface area (TPSA) is 37.3 Å². The second-order valence-electron chi connectivity index (χ2n) is 10.3. The molecule has 0 saturated carbocycles. The van der Waals surface area contributed by atoms with Gasteiger partial charge in [-0.15, -0.1) is 0 Å². The number of nitrogens with zero attached hydrogens (tertiary/aromatic N) is 2. The highest BCUT2D eigenvalue weighted by Gasteiger charge is 2.22. The van der Waals surface area contributed by atoms with E-state index in [-0.39, 0.29) is 11.8 Å². The Bertz CT molecular complexity index is 1380. The summed E-state index contributed by atoms with van der Waals surface area (Å²) in [5, 5.41) is 5.06. The van der Waals surface area contributed by atoms with Gasteiger partial charge in [-0.2, -0.15) is 0 Å². The van der Waals surface area contributed by atoms with E-state index in [2.05, 4.69) is 82.5 Å². The van der Waals surface area contributed by atoms with Crippen molar-refractivity contribution in [3.8, 4) is 5.69 Å². The van der Waals surface area contributed by atoms with Crippen LogP contribution >= 0.6 is 11.6 Å². The number of hydrogen-bond donors (Lipinski definition) is 1. The average Bonchev–Trinajstić information content (AvgIpc) is 3.22. The molecule has 186 valence electrons. The largest absolute Gasteiger partial charge is 0.326 e. The molecule has 1 fully saturated rings. The molecule has 4 aromatic rings. The Morgan fingerprint density at radius 1 is 1.03 bits per heavy atom. The normalized spacial score (nSPS) is 15.0. The lowest BCUT2D eigenvalue weighted by atomic mass is 9.89. The van der Waals surface area contributed by atoms with E-state index in [4.69, 9.17) is 11.6 Å². The van der Waals surface area contributed by atoms with Crippen LogP contribution in [0.2, 0.25) is 5.02 Å². The van der Waals surface area contributed by atoms with Gasteiger partial charge in [0.2, 0.25) is 5.91 Å². The predicted octanol–water partition coefficient (Wildman–Crippen LogP) is 7.57. The molecular weight excluding hydrogens is 466 g/mol. The quantitative estimate of drug-likeness (QED) is 0.297. The molecule has 0 unspecified atom stereocenters. The number of rotatable bonds is 6. The molecule has 0 radical (unpaired) electrons. The minimum atomic E-state index is -0.0234. The monoisotopic (exact) mass is 499 g/mol. The minimum Gasteiger partial charge on any atom is -0.326 e. The van der Waals surface area contributed by atoms with Crippen LogP contribution in [-0.4, -0.2) is 28.5 Å². The third-order valence-electron chi connectivity index (χ3n) is 7.26. The first-order valence-corrected chi connectivity index (χ1v) is 13.2. The highest BCUT2D eigenvalue weighted by atomic mass is 35.5. The molecule has 1 aromatic heterocycles. The van der Waals surface area contributed by atoms with Gasteiger partial charge in [-0.05, 0) is 91.9 Å². The molecule has 0 atom stereocenters. The molecule has 0 bridgehead atoms. The van der Waals surface area contributed by atoms with Crippen LogP contribution in [0.1, 0.15) is 49.3 Å². The number of likely N-dealkylation sites (tertiary alicyclic amines) is 1. The SMILES string of the molecule is Cc1cccc(-n2cc(CN3CCC(c4cccc(NC(=O)C(C)C)c4)CC3)c3ccc(Cl)cc32)c1. The maximum atomic E-state index is 12.1. The number of nitrogens with one attached hydrogen (secondary N) is 1. The van der Waals surface area contributed by atoms with Crippen LogP contribution in [0.3, 0.4) is 0 Å². The Kier molecular flexibility index (Phi) is 7.17. The number of benzene rings is 3. The Morgan fingerprint density at radius 2 is 1.81 bits per heavy atom. The average molecular weight is 500 g/mol. The Hall–Kier alpha value is -3.08. The number of aromatic nitrogens is 1. The molecule has 1 aliphatic rings. The highest BCUT2D eigenvalue weighted by molar-refractivity contribution is 6.31. The van der Waals surface area contributed by atoms with Crippen LogP contribution in [0.25, 0.3) is 16.6 Å². The number of aryl methyl sites for hydroxylation is 1. The lowest BCUT2D eigenvalue weighted by Gasteiger charge is -2.32. The van der Waals surface area contributed by atoms with Crippen LogP contribution in [0.4, 0.5) is 5.69 Å². The fourth-order valence-corrected chi connectivity index (χ4v) is 5.38. The fourth-order valence-electron chi connectivity index (χ4n) is 5.21. The van der Waals surface area contributed by atoms with E-state index in [0.29, 0.717) is 5.92 Å². The zero-order valence-corrected chi connectivity index (χ0v) is 22.1. The highest BCUT2D eigenvalue weighted by Crippen LogP contribution is 2.33. The van der Waals surface area contributed by atoms with Crippen LogP contribution in [-0.2, 0) is 11.3 Å². The number of piperidine rings is 1. The van der Waals surface area contributed by atoms with E-state index in [9.17, 15) is 4.79 Å². The number of carbonyl (C=O) groups is 1. The van der Waals surface area contributed by atoms with Crippen molar-refractivity contribution < 1.29 is 4.79 Å². The Morgan fingerprint density at radius 3 is 2.56 bits per heavy atom. The van der Waals surface area contributed by atoms with Crippen molar-refractivity contribution in [3.63, 3.8) is 0 Å². The van der Waals surface area contributed by atoms with E-state index in [1.807, 2.05) is 26.0 Å². The standard InChI is InChI=1S/C31H34ClN3O/c1-21(2)31(36)33-27-8-5-7-24(17-27)23-12-14-34(15-13-23)19-25-20-35(28-9-4-6-22(3)16-28)30-18-26(32)10-11-29(25)30/h4-11,16-18,20-21,23H,12-15,19H2,1-3H3,(H,33,36). The zero-order chi connectivity index (χ0) is 25.2. The number of carbonyl (C=O) groups excluding carboxylic acids is 1. The maximum absolute atomic E-state index is 12.1. The van der Waals surface area contributed by atoms with Crippen LogP contribution in [0.15, 0.2) is 72.9 Å². The number of anilines is 1. The van der Waals surface area contributed by atoms with Gasteiger partial charge in [0.05, 0.1) is 5.52 Å². The number of hydrogen-bond acceptors (Lipinski definition) is 2. The van der Waals surface area contributed by atoms with Crippen molar-refractivity contribution in [1.82, 2.24) is 9.47 Å². The van der Waals surface area contributed by atoms with Crippen LogP contribution in [0, 0.1) is 12.8 Å². The first-order chi connectivity index (χ1) is 17.4. The number of amides is 1. The van der Waals surface area contributed by atoms with E-state index in [1.165, 1.54) is 22.1 Å². The molecule has 1 amide bonds. The summed E-state index contributed by atoms with van der Waals surface area (Å²) in [5.74, 6) is 0.558. The molecule has 1 aliphatic heterocycles. The minimum absolute atomic E-state index is 0.0234. The van der Waals surface area contributed by atoms with Crippen molar-refractivity contribution in [2.75, 3.05) is 18.4 Å². The molecule has 4 nitrogen and oxygen atoms in total. The third-order valence-corrected chi connectivity index (χ3v) is 7.50. The Balaban J connectivity index is 1.30. The lowest BCUT2D eigenvalue weighted by Crippen LogP contribution is -2.32. The first kappa shape index (κ1) is 24.6. The predicted molar refractivity (Wildman–Crippen MR) is 150 cm³/mol. The molecule has 1 saturated heterocycles. The maximum Gasteiger partial charge on any atom is 0.226 e. The van der Waals surface area contributed by atoms with Crippen molar-refractivity contribution >= 4 is 34.1 Å². The van der Waals surface area contributed by atoms with Gasteiger partial charge in [0, 0.05) is 40.4 Å². The summed E-state index contributed by atoms with van der Waals surface area (Å²) in [5.41, 5.74) is 7.11. The molecule has 3 aromatic carbocycles. The molecule has 0 spiro atoms. The fraction of sp³-hybridized carbons (Fsp3) is 0.323. The van der Waals surface area contributed by atoms with Gasteiger partial charge in [0.25, 0.3) is 0 Å². The van der Waals surface area contributed by atoms with Gasteiger partial charge in [-0.25, -0.2) is 0 Å². The van der Waals surface area contributed by atoms with Crippen molar-refractivity contribution in [3.05, 3.63) is 94.6 Å². The lowest BCUT2D eigenvalue weighted by molar-refractivity contribution is -0.118. The summed E-state index contributed by atoms with van der Waals surface area (Å²) in [6.45, 7) is 8.99. The van der Waals surface area contributed by atoms with Gasteiger partial charge in [-0.1, -0.05) is 55.8 Å². The van der Waals surface area contributed by atoms with Gasteiger partial charge in [-0.3, -0.25) is 9.69 Å². The molecular formula is C31H34ClN3O. The number of halogens is 1. The third kappa shape index (κ3) is 5.35. The summed E-state index contributed by atoms with van der Waals surface area (Å²) in [4.78, 5) is 14.7. The van der Waals surface area contributed by atoms with Gasteiger partial charge >= 0.3 is 0 Å². The summed E-state index contributed by atoms with van der Waals surface area (Å²) in [6, 6.07) is 23.2. The molecule has 5 heteroatoms. The number of fused-ring (bicyclic) bond motifs is 1. The molecule has 36 heavy (non-hydrogen) atoms. The zero-order valence-electron chi connectivity index (χ0n) is 21.3. The molecule has 2 heterocycles. The van der Waals surface area contributed by atoms with Crippen molar-refractivity contribution in [2.24, 2.45) is 5.92 Å². The summed E-state index contributed by atoms with van der Waals surface area (Å²) < 4.78 is 2.27. The summed E-state index contributed by atoms with van der Waals surface area (Å²) in [6.07, 6.45) is 4.51. The van der Waals surface area contributed by atoms with E-state index in [1.54, 1.807) is 0 Å². The smallest absolute Gasteiger partial charge is 0.226 e. The van der Waals surface area contributed by atoms with Gasteiger partial charge < -0.3 is 9.88 Å². The summed E-state index contributed by atoms with van der Waals surface area (Å²) in [7, 11) is 0. The molecule has 0 aliphatic carbocycles. The summed E-state index contributed by atoms with van der Waals surface area (Å²) >= 11 is 6.39. The van der Waals surface area contributed by atoms with E-state index < -0.39 is 0 Å². The van der Waals surface area contributed by atoms with Crippen molar-refractivity contribution in [2.45, 2.75) is 46.1 Å². The van der Waals surface area contributed by atoms with Gasteiger partial charge in [0.1, 0.15) is 0 Å². The van der Waals surface area contributed by atoms with Crippen molar-refractivity contribution in [1.29, 1.82) is 0 Å². The molecule has 1 N–H and O–H groups in total. The van der Waals surface area contributed by atoms with E-state index in [0.717, 1.165) is 54.4 Å². The first-order valence-electron chi connectivity index (χ1n) is 12.9. The van der Waals surface area contributed by atoms with Crippen LogP contribution < -0.4 is 5.32 Å². The molecule has 5 rings (SSSR count).